The molecule has 1 aromatic carbocycles. The molecular formula is C26H22N4O5. The maximum Gasteiger partial charge on any atom is 0.351 e. The summed E-state index contributed by atoms with van der Waals surface area (Å²) < 4.78 is 25.0. The smallest absolute Gasteiger partial charge is 0.351 e. The molecule has 0 amide bonds. The van der Waals surface area contributed by atoms with Crippen LogP contribution in [-0.4, -0.2) is 38.8 Å². The van der Waals surface area contributed by atoms with Crippen LogP contribution in [0.25, 0.3) is 11.3 Å². The summed E-state index contributed by atoms with van der Waals surface area (Å²) >= 11 is 0. The van der Waals surface area contributed by atoms with E-state index < -0.39 is 0 Å². The summed E-state index contributed by atoms with van der Waals surface area (Å²) in [5.41, 5.74) is 3.57. The highest BCUT2D eigenvalue weighted by Gasteiger charge is 2.24. The second-order valence-corrected chi connectivity index (χ2v) is 8.30. The van der Waals surface area contributed by atoms with Crippen LogP contribution in [0.4, 0.5) is 0 Å². The van der Waals surface area contributed by atoms with Crippen molar-refractivity contribution in [1.29, 1.82) is 0 Å². The van der Waals surface area contributed by atoms with Crippen molar-refractivity contribution < 1.29 is 18.9 Å². The first-order valence-electron chi connectivity index (χ1n) is 11.4. The van der Waals surface area contributed by atoms with Gasteiger partial charge in [-0.3, -0.25) is 9.55 Å². The van der Waals surface area contributed by atoms with Crippen molar-refractivity contribution in [3.8, 4) is 34.5 Å². The number of ether oxygens (including phenoxy) is 4. The van der Waals surface area contributed by atoms with Crippen LogP contribution < -0.4 is 24.6 Å². The minimum atomic E-state index is -0.337. The van der Waals surface area contributed by atoms with Gasteiger partial charge in [0.1, 0.15) is 25.6 Å². The lowest BCUT2D eigenvalue weighted by molar-refractivity contribution is 0.0486. The summed E-state index contributed by atoms with van der Waals surface area (Å²) in [4.78, 5) is 25.0. The fourth-order valence-corrected chi connectivity index (χ4v) is 4.21. The molecule has 35 heavy (non-hydrogen) atoms. The maximum absolute atomic E-state index is 12.7. The summed E-state index contributed by atoms with van der Waals surface area (Å²) in [6.07, 6.45) is 5.53. The lowest BCUT2D eigenvalue weighted by Gasteiger charge is -2.26. The van der Waals surface area contributed by atoms with Crippen molar-refractivity contribution in [3.63, 3.8) is 0 Å². The van der Waals surface area contributed by atoms with Crippen molar-refractivity contribution >= 4 is 0 Å². The third-order valence-electron chi connectivity index (χ3n) is 5.95. The molecule has 2 aliphatic heterocycles. The SMILES string of the molecule is O=c1nc(OCC2COc3ncccc3O2)cc2n1CCc1cc(OCc3ccncc3)ccc1-2. The number of aromatic nitrogens is 4. The molecular weight excluding hydrogens is 448 g/mol. The van der Waals surface area contributed by atoms with E-state index in [9.17, 15) is 4.79 Å². The number of fused-ring (bicyclic) bond motifs is 4. The average Bonchev–Trinajstić information content (AvgIpc) is 2.91. The van der Waals surface area contributed by atoms with E-state index in [2.05, 4.69) is 15.0 Å². The lowest BCUT2D eigenvalue weighted by Crippen LogP contribution is -2.35. The minimum Gasteiger partial charge on any atom is -0.489 e. The lowest BCUT2D eigenvalue weighted by atomic mass is 9.97. The van der Waals surface area contributed by atoms with Gasteiger partial charge in [-0.15, -0.1) is 0 Å². The maximum atomic E-state index is 12.7. The van der Waals surface area contributed by atoms with E-state index in [1.54, 1.807) is 41.4 Å². The van der Waals surface area contributed by atoms with Crippen molar-refractivity contribution in [2.75, 3.05) is 13.2 Å². The van der Waals surface area contributed by atoms with Crippen LogP contribution in [0.15, 0.2) is 71.9 Å². The van der Waals surface area contributed by atoms with Crippen molar-refractivity contribution in [2.24, 2.45) is 0 Å². The molecule has 9 nitrogen and oxygen atoms in total. The number of hydrogen-bond donors (Lipinski definition) is 0. The quantitative estimate of drug-likeness (QED) is 0.424. The zero-order valence-corrected chi connectivity index (χ0v) is 18.8. The molecule has 176 valence electrons. The van der Waals surface area contributed by atoms with Gasteiger partial charge >= 0.3 is 5.69 Å². The topological polar surface area (TPSA) is 97.6 Å². The van der Waals surface area contributed by atoms with Crippen LogP contribution in [0.5, 0.6) is 23.3 Å². The van der Waals surface area contributed by atoms with E-state index in [1.165, 1.54) is 0 Å². The summed E-state index contributed by atoms with van der Waals surface area (Å²) in [6, 6.07) is 15.2. The van der Waals surface area contributed by atoms with Gasteiger partial charge in [0.15, 0.2) is 11.9 Å². The Morgan fingerprint density at radius 3 is 2.89 bits per heavy atom. The largest absolute Gasteiger partial charge is 0.489 e. The first-order valence-corrected chi connectivity index (χ1v) is 11.4. The molecule has 2 aliphatic rings. The molecule has 0 spiro atoms. The third-order valence-corrected chi connectivity index (χ3v) is 5.95. The second kappa shape index (κ2) is 9.09. The third kappa shape index (κ3) is 4.40. The van der Waals surface area contributed by atoms with E-state index in [-0.39, 0.29) is 24.3 Å². The standard InChI is InChI=1S/C26H22N4O5/c31-26-29-24(33-15-20-16-34-25-23(35-20)2-1-8-28-25)13-22-21-4-3-19(12-18(21)7-11-30(22)26)32-14-17-5-9-27-10-6-17/h1-6,8-10,12-13,20H,7,11,14-16H2. The number of nitrogens with zero attached hydrogens (tertiary/aromatic N) is 4. The first-order chi connectivity index (χ1) is 17.2. The summed E-state index contributed by atoms with van der Waals surface area (Å²) in [5.74, 6) is 2.08. The molecule has 3 aromatic heterocycles. The molecule has 0 saturated heterocycles. The Hall–Kier alpha value is -4.40. The molecule has 1 atom stereocenters. The Morgan fingerprint density at radius 1 is 1.06 bits per heavy atom. The number of benzene rings is 1. The zero-order valence-electron chi connectivity index (χ0n) is 18.8. The highest BCUT2D eigenvalue weighted by atomic mass is 16.6. The highest BCUT2D eigenvalue weighted by Crippen LogP contribution is 2.33. The average molecular weight is 470 g/mol. The van der Waals surface area contributed by atoms with Crippen molar-refractivity contribution in [1.82, 2.24) is 19.5 Å². The molecule has 0 aliphatic carbocycles. The Balaban J connectivity index is 1.18. The molecule has 0 bridgehead atoms. The van der Waals surface area contributed by atoms with E-state index in [0.717, 1.165) is 34.6 Å². The van der Waals surface area contributed by atoms with Crippen LogP contribution >= 0.6 is 0 Å². The molecule has 0 saturated carbocycles. The summed E-state index contributed by atoms with van der Waals surface area (Å²) in [6.45, 7) is 1.51. The minimum absolute atomic E-state index is 0.193. The fraction of sp³-hybridized carbons (Fsp3) is 0.231. The highest BCUT2D eigenvalue weighted by molar-refractivity contribution is 5.67. The van der Waals surface area contributed by atoms with Gasteiger partial charge < -0.3 is 18.9 Å². The van der Waals surface area contributed by atoms with Crippen molar-refractivity contribution in [2.45, 2.75) is 25.7 Å². The fourth-order valence-electron chi connectivity index (χ4n) is 4.21. The summed E-state index contributed by atoms with van der Waals surface area (Å²) in [7, 11) is 0. The Bertz CT molecular complexity index is 1420. The normalized spacial score (nSPS) is 15.6. The Kier molecular flexibility index (Phi) is 5.50. The van der Waals surface area contributed by atoms with Gasteiger partial charge in [0, 0.05) is 36.8 Å². The number of hydrogen-bond acceptors (Lipinski definition) is 8. The number of pyridine rings is 2. The molecule has 0 radical (unpaired) electrons. The van der Waals surface area contributed by atoms with E-state index in [1.807, 2.05) is 30.3 Å². The van der Waals surface area contributed by atoms with Gasteiger partial charge in [0.05, 0.1) is 5.69 Å². The molecule has 0 N–H and O–H groups in total. The zero-order chi connectivity index (χ0) is 23.6. The molecule has 1 unspecified atom stereocenters. The van der Waals surface area contributed by atoms with Gasteiger partial charge in [-0.2, -0.15) is 4.98 Å². The Labute approximate surface area is 200 Å². The van der Waals surface area contributed by atoms with E-state index >= 15 is 0 Å². The van der Waals surface area contributed by atoms with Crippen LogP contribution in [0.1, 0.15) is 11.1 Å². The predicted molar refractivity (Wildman–Crippen MR) is 126 cm³/mol. The monoisotopic (exact) mass is 470 g/mol. The van der Waals surface area contributed by atoms with Crippen LogP contribution in [-0.2, 0) is 19.6 Å². The molecule has 5 heterocycles. The first kappa shape index (κ1) is 21.2. The summed E-state index contributed by atoms with van der Waals surface area (Å²) in [5, 5.41) is 0. The molecule has 9 heteroatoms. The van der Waals surface area contributed by atoms with Crippen molar-refractivity contribution in [3.05, 3.63) is 88.7 Å². The number of aryl methyl sites for hydroxylation is 1. The van der Waals surface area contributed by atoms with Crippen LogP contribution in [0, 0.1) is 0 Å². The van der Waals surface area contributed by atoms with Gasteiger partial charge in [0.25, 0.3) is 5.88 Å². The van der Waals surface area contributed by atoms with Gasteiger partial charge in [0.2, 0.25) is 5.88 Å². The number of rotatable bonds is 6. The van der Waals surface area contributed by atoms with Gasteiger partial charge in [-0.25, -0.2) is 9.78 Å². The Morgan fingerprint density at radius 2 is 1.97 bits per heavy atom. The van der Waals surface area contributed by atoms with E-state index in [0.29, 0.717) is 31.4 Å². The van der Waals surface area contributed by atoms with Gasteiger partial charge in [-0.1, -0.05) is 0 Å². The predicted octanol–water partition coefficient (Wildman–Crippen LogP) is 3.05. The van der Waals surface area contributed by atoms with Crippen LogP contribution in [0.3, 0.4) is 0 Å². The van der Waals surface area contributed by atoms with E-state index in [4.69, 9.17) is 18.9 Å². The molecule has 6 rings (SSSR count). The second-order valence-electron chi connectivity index (χ2n) is 8.30. The molecule has 4 aromatic rings. The molecule has 0 fully saturated rings. The van der Waals surface area contributed by atoms with Gasteiger partial charge in [-0.05, 0) is 60.0 Å². The van der Waals surface area contributed by atoms with Crippen LogP contribution in [0.2, 0.25) is 0 Å².